The van der Waals surface area contributed by atoms with Gasteiger partial charge in [0.25, 0.3) is 5.56 Å². The summed E-state index contributed by atoms with van der Waals surface area (Å²) in [6.07, 6.45) is -2.16. The van der Waals surface area contributed by atoms with E-state index in [4.69, 9.17) is 16.3 Å². The molecular formula is C32H23ClF3N5O4. The van der Waals surface area contributed by atoms with Gasteiger partial charge in [-0.3, -0.25) is 14.2 Å². The highest BCUT2D eigenvalue weighted by Crippen LogP contribution is 2.39. The molecule has 9 nitrogen and oxygen atoms in total. The van der Waals surface area contributed by atoms with Crippen LogP contribution in [0.25, 0.3) is 38.6 Å². The van der Waals surface area contributed by atoms with Crippen LogP contribution in [0.4, 0.5) is 19.0 Å². The van der Waals surface area contributed by atoms with Gasteiger partial charge in [0.05, 0.1) is 29.3 Å². The maximum atomic E-state index is 14.5. The van der Waals surface area contributed by atoms with Gasteiger partial charge in [0, 0.05) is 29.4 Å². The average molecular weight is 634 g/mol. The number of nitrogens with one attached hydrogen (secondary N) is 2. The Balaban J connectivity index is 1.60. The Hall–Kier alpha value is -5.36. The van der Waals surface area contributed by atoms with Gasteiger partial charge in [-0.1, -0.05) is 48.0 Å². The average Bonchev–Trinajstić information content (AvgIpc) is 3.01. The number of para-hydroxylation sites is 1. The summed E-state index contributed by atoms with van der Waals surface area (Å²) in [7, 11) is 1.31. The largest absolute Gasteiger partial charge is 0.573 e. The van der Waals surface area contributed by atoms with Crippen LogP contribution in [-0.2, 0) is 0 Å². The number of aromatic nitrogens is 4. The summed E-state index contributed by atoms with van der Waals surface area (Å²) >= 11 is 7.12. The normalized spacial score (nSPS) is 12.3. The fraction of sp³-hybridized carbons (Fsp3) is 0.125. The second-order valence-electron chi connectivity index (χ2n) is 10.0. The predicted molar refractivity (Wildman–Crippen MR) is 165 cm³/mol. The summed E-state index contributed by atoms with van der Waals surface area (Å²) in [5.41, 5.74) is 0.958. The first-order valence-corrected chi connectivity index (χ1v) is 13.9. The summed E-state index contributed by atoms with van der Waals surface area (Å²) in [4.78, 5) is 38.6. The zero-order chi connectivity index (χ0) is 31.9. The third kappa shape index (κ3) is 5.67. The minimum absolute atomic E-state index is 0.0970. The summed E-state index contributed by atoms with van der Waals surface area (Å²) in [5.74, 6) is -0.176. The molecule has 0 unspecified atom stereocenters. The molecule has 0 radical (unpaired) electrons. The molecule has 0 fully saturated rings. The molecule has 6 rings (SSSR count). The van der Waals surface area contributed by atoms with Crippen LogP contribution in [0.3, 0.4) is 0 Å². The van der Waals surface area contributed by atoms with Crippen LogP contribution < -0.4 is 25.8 Å². The quantitative estimate of drug-likeness (QED) is 0.194. The van der Waals surface area contributed by atoms with E-state index in [1.54, 1.807) is 55.5 Å². The lowest BCUT2D eigenvalue weighted by Gasteiger charge is -2.24. The van der Waals surface area contributed by atoms with E-state index in [1.165, 1.54) is 42.4 Å². The van der Waals surface area contributed by atoms with E-state index in [0.29, 0.717) is 28.0 Å². The Kier molecular flexibility index (Phi) is 7.67. The van der Waals surface area contributed by atoms with E-state index in [2.05, 4.69) is 25.0 Å². The van der Waals surface area contributed by atoms with Crippen molar-refractivity contribution in [1.29, 1.82) is 0 Å². The van der Waals surface area contributed by atoms with Gasteiger partial charge in [-0.25, -0.2) is 9.97 Å². The van der Waals surface area contributed by atoms with Crippen molar-refractivity contribution in [3.8, 4) is 28.3 Å². The second-order valence-corrected chi connectivity index (χ2v) is 10.4. The van der Waals surface area contributed by atoms with Gasteiger partial charge in [0.1, 0.15) is 34.7 Å². The Morgan fingerprint density at radius 2 is 1.71 bits per heavy atom. The minimum atomic E-state index is -4.94. The molecule has 45 heavy (non-hydrogen) atoms. The lowest BCUT2D eigenvalue weighted by molar-refractivity contribution is -0.274. The smallest absolute Gasteiger partial charge is 0.497 e. The molecular weight excluding hydrogens is 611 g/mol. The van der Waals surface area contributed by atoms with E-state index in [9.17, 15) is 22.8 Å². The molecule has 1 atom stereocenters. The molecule has 3 heterocycles. The van der Waals surface area contributed by atoms with Crippen LogP contribution in [0, 0.1) is 0 Å². The molecule has 0 amide bonds. The van der Waals surface area contributed by atoms with Gasteiger partial charge in [-0.05, 0) is 42.3 Å². The van der Waals surface area contributed by atoms with E-state index in [-0.39, 0.29) is 38.4 Å². The number of halogens is 4. The SMILES string of the molecule is COc1cc(OC(F)(F)F)cc(-c2cccc3c(Cl)c([C@H](C)Nc4ncnc5[nH]ccc(=O)c45)n(-c4ccccc4)c(=O)c23)c1. The number of aromatic amines is 1. The third-order valence-corrected chi connectivity index (χ3v) is 7.57. The van der Waals surface area contributed by atoms with E-state index < -0.39 is 23.7 Å². The Morgan fingerprint density at radius 3 is 2.44 bits per heavy atom. The Morgan fingerprint density at radius 1 is 0.956 bits per heavy atom. The van der Waals surface area contributed by atoms with E-state index in [1.807, 2.05) is 0 Å². The van der Waals surface area contributed by atoms with Crippen LogP contribution >= 0.6 is 11.6 Å². The number of nitrogens with zero attached hydrogens (tertiary/aromatic N) is 3. The van der Waals surface area contributed by atoms with Crippen molar-refractivity contribution >= 4 is 39.2 Å². The molecule has 0 saturated carbocycles. The zero-order valence-corrected chi connectivity index (χ0v) is 24.4. The monoisotopic (exact) mass is 633 g/mol. The molecule has 13 heteroatoms. The minimum Gasteiger partial charge on any atom is -0.497 e. The number of alkyl halides is 3. The van der Waals surface area contributed by atoms with Crippen LogP contribution in [0.15, 0.2) is 94.9 Å². The van der Waals surface area contributed by atoms with Crippen molar-refractivity contribution in [2.45, 2.75) is 19.3 Å². The van der Waals surface area contributed by atoms with Crippen LogP contribution in [0.5, 0.6) is 11.5 Å². The van der Waals surface area contributed by atoms with Crippen molar-refractivity contribution < 1.29 is 22.6 Å². The highest BCUT2D eigenvalue weighted by Gasteiger charge is 2.32. The number of anilines is 1. The molecule has 2 N–H and O–H groups in total. The van der Waals surface area contributed by atoms with Gasteiger partial charge >= 0.3 is 6.36 Å². The molecule has 3 aromatic heterocycles. The number of ether oxygens (including phenoxy) is 2. The van der Waals surface area contributed by atoms with Crippen molar-refractivity contribution in [2.24, 2.45) is 0 Å². The van der Waals surface area contributed by atoms with Crippen molar-refractivity contribution in [3.05, 3.63) is 117 Å². The molecule has 0 aliphatic rings. The van der Waals surface area contributed by atoms with Crippen molar-refractivity contribution in [1.82, 2.24) is 19.5 Å². The number of methoxy groups -OCH3 is 1. The first kappa shape index (κ1) is 29.7. The number of benzene rings is 3. The molecule has 0 aliphatic heterocycles. The van der Waals surface area contributed by atoms with Crippen molar-refractivity contribution in [3.63, 3.8) is 0 Å². The Labute approximate surface area is 257 Å². The van der Waals surface area contributed by atoms with Crippen LogP contribution in [-0.4, -0.2) is 33.0 Å². The van der Waals surface area contributed by atoms with E-state index >= 15 is 0 Å². The standard InChI is InChI=1S/C32H23ClF3N5O4/c1-17(40-30-26-24(42)11-12-37-29(26)38-16-39-30)28-27(33)23-10-6-9-22(25(23)31(43)41(28)19-7-4-3-5-8-19)18-13-20(44-2)15-21(14-18)45-32(34,35)36/h3-17H,1-2H3,(H2,37,38,39,40,42)/t17-/m0/s1. The van der Waals surface area contributed by atoms with Gasteiger partial charge in [-0.15, -0.1) is 13.2 Å². The van der Waals surface area contributed by atoms with Crippen molar-refractivity contribution in [2.75, 3.05) is 12.4 Å². The molecule has 3 aromatic carbocycles. The summed E-state index contributed by atoms with van der Waals surface area (Å²) in [6, 6.07) is 18.2. The highest BCUT2D eigenvalue weighted by atomic mass is 35.5. The molecule has 0 saturated heterocycles. The lowest BCUT2D eigenvalue weighted by atomic mass is 9.97. The number of hydrogen-bond acceptors (Lipinski definition) is 7. The van der Waals surface area contributed by atoms with Gasteiger partial charge in [0.15, 0.2) is 5.43 Å². The maximum Gasteiger partial charge on any atom is 0.573 e. The maximum absolute atomic E-state index is 14.5. The van der Waals surface area contributed by atoms with Gasteiger partial charge < -0.3 is 19.8 Å². The molecule has 0 aliphatic carbocycles. The third-order valence-electron chi connectivity index (χ3n) is 7.17. The second kappa shape index (κ2) is 11.6. The van der Waals surface area contributed by atoms with Crippen LogP contribution in [0.2, 0.25) is 5.02 Å². The lowest BCUT2D eigenvalue weighted by Crippen LogP contribution is -2.27. The fourth-order valence-electron chi connectivity index (χ4n) is 5.31. The number of fused-ring (bicyclic) bond motifs is 2. The number of rotatable bonds is 7. The Bertz CT molecular complexity index is 2180. The first-order valence-electron chi connectivity index (χ1n) is 13.5. The molecule has 228 valence electrons. The topological polar surface area (TPSA) is 111 Å². The van der Waals surface area contributed by atoms with E-state index in [0.717, 1.165) is 6.07 Å². The summed E-state index contributed by atoms with van der Waals surface area (Å²) < 4.78 is 50.3. The summed E-state index contributed by atoms with van der Waals surface area (Å²) in [6.45, 7) is 1.77. The molecule has 0 bridgehead atoms. The number of pyridine rings is 2. The number of H-pyrrole nitrogens is 1. The fourth-order valence-corrected chi connectivity index (χ4v) is 5.71. The first-order chi connectivity index (χ1) is 21.6. The number of hydrogen-bond donors (Lipinski definition) is 2. The highest BCUT2D eigenvalue weighted by molar-refractivity contribution is 6.36. The van der Waals surface area contributed by atoms with Crippen LogP contribution in [0.1, 0.15) is 18.7 Å². The summed E-state index contributed by atoms with van der Waals surface area (Å²) in [5, 5.41) is 4.18. The van der Waals surface area contributed by atoms with Gasteiger partial charge in [-0.2, -0.15) is 0 Å². The zero-order valence-electron chi connectivity index (χ0n) is 23.6. The molecule has 6 aromatic rings. The predicted octanol–water partition coefficient (Wildman–Crippen LogP) is 7.02. The van der Waals surface area contributed by atoms with Gasteiger partial charge in [0.2, 0.25) is 0 Å². The molecule has 0 spiro atoms.